The lowest BCUT2D eigenvalue weighted by molar-refractivity contribution is -0.126. The van der Waals surface area contributed by atoms with Gasteiger partial charge in [0.05, 0.1) is 0 Å². The van der Waals surface area contributed by atoms with E-state index >= 15 is 0 Å². The lowest BCUT2D eigenvalue weighted by Crippen LogP contribution is -2.51. The summed E-state index contributed by atoms with van der Waals surface area (Å²) < 4.78 is 0. The molecule has 5 heteroatoms. The Labute approximate surface area is 169 Å². The highest BCUT2D eigenvalue weighted by atomic mass is 16.3. The molecule has 1 unspecified atom stereocenters. The predicted octanol–water partition coefficient (Wildman–Crippen LogP) is 2.78. The number of piperidine rings is 2. The summed E-state index contributed by atoms with van der Waals surface area (Å²) >= 11 is 0. The lowest BCUT2D eigenvalue weighted by Gasteiger charge is -2.43. The van der Waals surface area contributed by atoms with E-state index in [1.54, 1.807) is 12.1 Å². The smallest absolute Gasteiger partial charge is 0.223 e. The summed E-state index contributed by atoms with van der Waals surface area (Å²) in [6.07, 6.45) is 7.90. The number of nitrogens with zero attached hydrogens (tertiary/aromatic N) is 2. The van der Waals surface area contributed by atoms with Crippen LogP contribution in [-0.2, 0) is 11.2 Å². The molecule has 28 heavy (non-hydrogen) atoms. The first-order valence-electron chi connectivity index (χ1n) is 11.1. The highest BCUT2D eigenvalue weighted by Crippen LogP contribution is 2.27. The van der Waals surface area contributed by atoms with E-state index in [-0.39, 0.29) is 5.92 Å². The number of likely N-dealkylation sites (tertiary alicyclic amines) is 2. The molecule has 4 rings (SSSR count). The molecule has 1 aliphatic carbocycles. The van der Waals surface area contributed by atoms with Crippen molar-refractivity contribution in [2.24, 2.45) is 5.92 Å². The summed E-state index contributed by atoms with van der Waals surface area (Å²) in [7, 11) is 0. The third kappa shape index (κ3) is 5.06. The molecule has 2 N–H and O–H groups in total. The van der Waals surface area contributed by atoms with Crippen molar-refractivity contribution in [3.8, 4) is 5.75 Å². The normalized spacial score (nSPS) is 24.2. The van der Waals surface area contributed by atoms with Gasteiger partial charge in [0.25, 0.3) is 0 Å². The molecule has 0 radical (unpaired) electrons. The summed E-state index contributed by atoms with van der Waals surface area (Å²) in [6.45, 7) is 6.79. The molecule has 1 atom stereocenters. The number of carbonyl (C=O) groups excluding carboxylic acids is 1. The second kappa shape index (κ2) is 8.83. The zero-order chi connectivity index (χ0) is 19.5. The molecule has 1 saturated carbocycles. The molecule has 0 spiro atoms. The van der Waals surface area contributed by atoms with Crippen molar-refractivity contribution in [3.63, 3.8) is 0 Å². The van der Waals surface area contributed by atoms with Crippen LogP contribution in [0.2, 0.25) is 0 Å². The molecular weight excluding hydrogens is 350 g/mol. The molecule has 2 heterocycles. The minimum absolute atomic E-state index is 0.238. The van der Waals surface area contributed by atoms with Gasteiger partial charge < -0.3 is 20.2 Å². The van der Waals surface area contributed by atoms with E-state index < -0.39 is 0 Å². The van der Waals surface area contributed by atoms with Crippen LogP contribution < -0.4 is 5.32 Å². The van der Waals surface area contributed by atoms with E-state index in [4.69, 9.17) is 0 Å². The number of carbonyl (C=O) groups is 1. The highest BCUT2D eigenvalue weighted by Gasteiger charge is 2.33. The van der Waals surface area contributed by atoms with Crippen LogP contribution >= 0.6 is 0 Å². The molecule has 1 aromatic carbocycles. The predicted molar refractivity (Wildman–Crippen MR) is 111 cm³/mol. The van der Waals surface area contributed by atoms with Crippen LogP contribution in [0.3, 0.4) is 0 Å². The Kier molecular flexibility index (Phi) is 6.22. The molecule has 5 nitrogen and oxygen atoms in total. The quantitative estimate of drug-likeness (QED) is 0.791. The Balaban J connectivity index is 1.19. The van der Waals surface area contributed by atoms with Crippen LogP contribution in [0.25, 0.3) is 0 Å². The second-order valence-electron chi connectivity index (χ2n) is 9.08. The number of hydrogen-bond donors (Lipinski definition) is 2. The topological polar surface area (TPSA) is 55.8 Å². The van der Waals surface area contributed by atoms with Crippen molar-refractivity contribution in [1.82, 2.24) is 15.1 Å². The SMILES string of the molecule is CC(Cc1ccc(O)cc1)N1CCC(N2CCC(C(=O)NC3CC3)CC2)CC1. The van der Waals surface area contributed by atoms with Gasteiger partial charge in [-0.25, -0.2) is 0 Å². The summed E-state index contributed by atoms with van der Waals surface area (Å²) in [5, 5.41) is 12.6. The van der Waals surface area contributed by atoms with Crippen molar-refractivity contribution in [2.75, 3.05) is 26.2 Å². The van der Waals surface area contributed by atoms with E-state index in [1.165, 1.54) is 31.2 Å². The van der Waals surface area contributed by atoms with Gasteiger partial charge in [0.15, 0.2) is 0 Å². The highest BCUT2D eigenvalue weighted by molar-refractivity contribution is 5.79. The van der Waals surface area contributed by atoms with Crippen molar-refractivity contribution in [2.45, 2.75) is 70.0 Å². The van der Waals surface area contributed by atoms with E-state index in [0.29, 0.717) is 29.8 Å². The Bertz CT molecular complexity index is 642. The Hall–Kier alpha value is -1.59. The minimum atomic E-state index is 0.238. The maximum Gasteiger partial charge on any atom is 0.223 e. The molecule has 3 fully saturated rings. The summed E-state index contributed by atoms with van der Waals surface area (Å²) in [5.74, 6) is 0.883. The van der Waals surface area contributed by atoms with Gasteiger partial charge in [-0.2, -0.15) is 0 Å². The minimum Gasteiger partial charge on any atom is -0.508 e. The van der Waals surface area contributed by atoms with Crippen molar-refractivity contribution in [1.29, 1.82) is 0 Å². The Morgan fingerprint density at radius 3 is 2.29 bits per heavy atom. The fourth-order valence-corrected chi connectivity index (χ4v) is 4.87. The Morgan fingerprint density at radius 1 is 1.04 bits per heavy atom. The number of aromatic hydroxyl groups is 1. The number of hydrogen-bond acceptors (Lipinski definition) is 4. The first-order valence-corrected chi connectivity index (χ1v) is 11.1. The van der Waals surface area contributed by atoms with Crippen LogP contribution in [-0.4, -0.2) is 65.1 Å². The monoisotopic (exact) mass is 385 g/mol. The molecule has 2 saturated heterocycles. The number of amides is 1. The lowest BCUT2D eigenvalue weighted by atomic mass is 9.92. The largest absolute Gasteiger partial charge is 0.508 e. The summed E-state index contributed by atoms with van der Waals surface area (Å²) in [6, 6.07) is 9.32. The molecule has 3 aliphatic rings. The number of phenols is 1. The number of benzene rings is 1. The fourth-order valence-electron chi connectivity index (χ4n) is 4.87. The first-order chi connectivity index (χ1) is 13.6. The third-order valence-corrected chi connectivity index (χ3v) is 6.93. The average Bonchev–Trinajstić information content (AvgIpc) is 3.54. The van der Waals surface area contributed by atoms with Gasteiger partial charge in [0, 0.05) is 24.0 Å². The van der Waals surface area contributed by atoms with E-state index in [0.717, 1.165) is 45.4 Å². The van der Waals surface area contributed by atoms with Crippen molar-refractivity contribution in [3.05, 3.63) is 29.8 Å². The molecular formula is C23H35N3O2. The van der Waals surface area contributed by atoms with E-state index in [2.05, 4.69) is 22.0 Å². The summed E-state index contributed by atoms with van der Waals surface area (Å²) in [4.78, 5) is 17.5. The molecule has 2 aliphatic heterocycles. The van der Waals surface area contributed by atoms with Crippen LogP contribution in [0, 0.1) is 5.92 Å². The Morgan fingerprint density at radius 2 is 1.68 bits per heavy atom. The van der Waals surface area contributed by atoms with Gasteiger partial charge in [-0.05, 0) is 95.7 Å². The number of rotatable bonds is 6. The van der Waals surface area contributed by atoms with Gasteiger partial charge in [0.1, 0.15) is 5.75 Å². The standard InChI is InChI=1S/C23H35N3O2/c1-17(16-18-2-6-22(27)7-3-18)25-14-10-21(11-15-25)26-12-8-19(9-13-26)23(28)24-20-4-5-20/h2-3,6-7,17,19-21,27H,4-5,8-16H2,1H3,(H,24,28). The van der Waals surface area contributed by atoms with E-state index in [1.807, 2.05) is 12.1 Å². The van der Waals surface area contributed by atoms with Gasteiger partial charge in [-0.1, -0.05) is 12.1 Å². The molecule has 1 aromatic rings. The van der Waals surface area contributed by atoms with Crippen LogP contribution in [0.15, 0.2) is 24.3 Å². The van der Waals surface area contributed by atoms with E-state index in [9.17, 15) is 9.90 Å². The zero-order valence-electron chi connectivity index (χ0n) is 17.1. The van der Waals surface area contributed by atoms with Crippen molar-refractivity contribution >= 4 is 5.91 Å². The average molecular weight is 386 g/mol. The summed E-state index contributed by atoms with van der Waals surface area (Å²) in [5.41, 5.74) is 1.29. The second-order valence-corrected chi connectivity index (χ2v) is 9.08. The maximum atomic E-state index is 12.3. The van der Waals surface area contributed by atoms with Crippen LogP contribution in [0.1, 0.15) is 51.0 Å². The molecule has 1 amide bonds. The first kappa shape index (κ1) is 19.7. The van der Waals surface area contributed by atoms with Gasteiger partial charge in [-0.15, -0.1) is 0 Å². The maximum absolute atomic E-state index is 12.3. The fraction of sp³-hybridized carbons (Fsp3) is 0.696. The van der Waals surface area contributed by atoms with Gasteiger partial charge in [-0.3, -0.25) is 4.79 Å². The van der Waals surface area contributed by atoms with Gasteiger partial charge >= 0.3 is 0 Å². The van der Waals surface area contributed by atoms with Crippen LogP contribution in [0.4, 0.5) is 0 Å². The van der Waals surface area contributed by atoms with Crippen molar-refractivity contribution < 1.29 is 9.90 Å². The number of nitrogens with one attached hydrogen (secondary N) is 1. The molecule has 0 bridgehead atoms. The number of phenolic OH excluding ortho intramolecular Hbond substituents is 1. The third-order valence-electron chi connectivity index (χ3n) is 6.93. The van der Waals surface area contributed by atoms with Crippen LogP contribution in [0.5, 0.6) is 5.75 Å². The molecule has 154 valence electrons. The zero-order valence-corrected chi connectivity index (χ0v) is 17.1. The molecule has 0 aromatic heterocycles. The van der Waals surface area contributed by atoms with Gasteiger partial charge in [0.2, 0.25) is 5.91 Å².